The first-order valence-corrected chi connectivity index (χ1v) is 7.82. The Balaban J connectivity index is 2.00. The first-order valence-electron chi connectivity index (χ1n) is 7.44. The maximum absolute atomic E-state index is 12.4. The van der Waals surface area contributed by atoms with Gasteiger partial charge in [0.1, 0.15) is 0 Å². The van der Waals surface area contributed by atoms with Gasteiger partial charge >= 0.3 is 5.97 Å². The molecule has 1 aromatic rings. The molecule has 0 radical (unpaired) electrons. The number of nitrogens with one attached hydrogen (secondary N) is 1. The van der Waals surface area contributed by atoms with Crippen molar-refractivity contribution >= 4 is 29.2 Å². The minimum absolute atomic E-state index is 0.0382. The molecule has 1 aliphatic heterocycles. The van der Waals surface area contributed by atoms with Gasteiger partial charge in [-0.2, -0.15) is 5.26 Å². The molecule has 0 saturated carbocycles. The molecule has 2 N–H and O–H groups in total. The minimum atomic E-state index is -1.13. The summed E-state index contributed by atoms with van der Waals surface area (Å²) in [6.45, 7) is 2.19. The van der Waals surface area contributed by atoms with E-state index in [1.807, 2.05) is 0 Å². The fourth-order valence-corrected chi connectivity index (χ4v) is 2.89. The van der Waals surface area contributed by atoms with Gasteiger partial charge in [0.25, 0.3) is 0 Å². The molecule has 0 spiro atoms. The number of benzene rings is 1. The highest BCUT2D eigenvalue weighted by Gasteiger charge is 2.25. The molecular weight excluding hydrogens is 318 g/mol. The summed E-state index contributed by atoms with van der Waals surface area (Å²) < 4.78 is 0. The zero-order chi connectivity index (χ0) is 16.8. The van der Waals surface area contributed by atoms with Crippen LogP contribution in [0.2, 0.25) is 5.02 Å². The maximum atomic E-state index is 12.4. The van der Waals surface area contributed by atoms with Crippen LogP contribution < -0.4 is 5.32 Å². The molecule has 1 saturated heterocycles. The molecule has 1 aromatic carbocycles. The van der Waals surface area contributed by atoms with Crippen LogP contribution >= 0.6 is 11.6 Å². The summed E-state index contributed by atoms with van der Waals surface area (Å²) in [6, 6.07) is 6.52. The molecule has 7 heteroatoms. The monoisotopic (exact) mass is 335 g/mol. The van der Waals surface area contributed by atoms with Gasteiger partial charge in [0.05, 0.1) is 22.6 Å². The van der Waals surface area contributed by atoms with Gasteiger partial charge in [-0.05, 0) is 37.6 Å². The summed E-state index contributed by atoms with van der Waals surface area (Å²) in [4.78, 5) is 25.6. The van der Waals surface area contributed by atoms with E-state index < -0.39 is 5.97 Å². The molecule has 2 rings (SSSR count). The lowest BCUT2D eigenvalue weighted by atomic mass is 9.97. The van der Waals surface area contributed by atoms with Crippen molar-refractivity contribution in [2.75, 3.05) is 25.0 Å². The summed E-state index contributed by atoms with van der Waals surface area (Å²) >= 11 is 5.82. The van der Waals surface area contributed by atoms with Crippen LogP contribution in [0.4, 0.5) is 5.69 Å². The highest BCUT2D eigenvalue weighted by atomic mass is 35.5. The second-order valence-corrected chi connectivity index (χ2v) is 5.94. The minimum Gasteiger partial charge on any atom is -0.478 e. The third-order valence-electron chi connectivity index (χ3n) is 3.88. The SMILES string of the molecule is N#CCCN1CCCC(C(=O)Nc2ccc(Cl)c(C(=O)O)c2)C1. The first-order chi connectivity index (χ1) is 11.0. The van der Waals surface area contributed by atoms with Crippen molar-refractivity contribution in [3.8, 4) is 6.07 Å². The molecule has 122 valence electrons. The van der Waals surface area contributed by atoms with Crippen LogP contribution in [0.15, 0.2) is 18.2 Å². The van der Waals surface area contributed by atoms with E-state index >= 15 is 0 Å². The Morgan fingerprint density at radius 3 is 2.96 bits per heavy atom. The van der Waals surface area contributed by atoms with E-state index in [9.17, 15) is 9.59 Å². The van der Waals surface area contributed by atoms with Crippen molar-refractivity contribution in [2.45, 2.75) is 19.3 Å². The molecule has 0 bridgehead atoms. The number of halogens is 1. The number of carboxylic acids is 1. The predicted octanol–water partition coefficient (Wildman–Crippen LogP) is 2.60. The van der Waals surface area contributed by atoms with Crippen molar-refractivity contribution in [1.29, 1.82) is 5.26 Å². The first kappa shape index (κ1) is 17.3. The van der Waals surface area contributed by atoms with E-state index in [1.54, 1.807) is 6.07 Å². The number of aromatic carboxylic acids is 1. The summed E-state index contributed by atoms with van der Waals surface area (Å²) in [5.74, 6) is -1.43. The van der Waals surface area contributed by atoms with E-state index in [4.69, 9.17) is 22.0 Å². The number of carboxylic acid groups (broad SMARTS) is 1. The average Bonchev–Trinajstić information content (AvgIpc) is 2.54. The van der Waals surface area contributed by atoms with Gasteiger partial charge in [-0.1, -0.05) is 11.6 Å². The van der Waals surface area contributed by atoms with E-state index in [2.05, 4.69) is 16.3 Å². The lowest BCUT2D eigenvalue weighted by molar-refractivity contribution is -0.121. The van der Waals surface area contributed by atoms with Crippen molar-refractivity contribution in [3.63, 3.8) is 0 Å². The van der Waals surface area contributed by atoms with Crippen LogP contribution in [-0.2, 0) is 4.79 Å². The topological polar surface area (TPSA) is 93.4 Å². The van der Waals surface area contributed by atoms with Crippen LogP contribution in [-0.4, -0.2) is 41.5 Å². The third kappa shape index (κ3) is 4.68. The standard InChI is InChI=1S/C16H18ClN3O3/c17-14-5-4-12(9-13(14)16(22)23)19-15(21)11-3-1-7-20(10-11)8-2-6-18/h4-5,9,11H,1-3,7-8,10H2,(H,19,21)(H,22,23). The Labute approximate surface area is 139 Å². The Bertz CT molecular complexity index is 642. The molecule has 1 aliphatic rings. The van der Waals surface area contributed by atoms with Crippen LogP contribution in [0.5, 0.6) is 0 Å². The fourth-order valence-electron chi connectivity index (χ4n) is 2.69. The predicted molar refractivity (Wildman–Crippen MR) is 86.4 cm³/mol. The number of anilines is 1. The Hall–Kier alpha value is -2.10. The molecule has 23 heavy (non-hydrogen) atoms. The Morgan fingerprint density at radius 2 is 2.26 bits per heavy atom. The number of carbonyl (C=O) groups is 2. The van der Waals surface area contributed by atoms with Crippen molar-refractivity contribution in [2.24, 2.45) is 5.92 Å². The fraction of sp³-hybridized carbons (Fsp3) is 0.438. The second kappa shape index (κ2) is 7.95. The van der Waals surface area contributed by atoms with Crippen LogP contribution in [0.25, 0.3) is 0 Å². The third-order valence-corrected chi connectivity index (χ3v) is 4.21. The molecule has 0 aromatic heterocycles. The summed E-state index contributed by atoms with van der Waals surface area (Å²) in [6.07, 6.45) is 2.15. The summed E-state index contributed by atoms with van der Waals surface area (Å²) in [5, 5.41) is 20.6. The average molecular weight is 336 g/mol. The maximum Gasteiger partial charge on any atom is 0.337 e. The van der Waals surface area contributed by atoms with E-state index in [-0.39, 0.29) is 22.4 Å². The van der Waals surface area contributed by atoms with E-state index in [0.717, 1.165) is 19.4 Å². The number of amides is 1. The highest BCUT2D eigenvalue weighted by molar-refractivity contribution is 6.33. The second-order valence-electron chi connectivity index (χ2n) is 5.54. The quantitative estimate of drug-likeness (QED) is 0.862. The number of nitrogens with zero attached hydrogens (tertiary/aromatic N) is 2. The molecule has 1 unspecified atom stereocenters. The van der Waals surface area contributed by atoms with Crippen LogP contribution in [0, 0.1) is 17.2 Å². The largest absolute Gasteiger partial charge is 0.478 e. The van der Waals surface area contributed by atoms with Crippen LogP contribution in [0.3, 0.4) is 0 Å². The Kier molecular flexibility index (Phi) is 5.97. The van der Waals surface area contributed by atoms with Gasteiger partial charge in [-0.25, -0.2) is 4.79 Å². The molecule has 6 nitrogen and oxygen atoms in total. The molecule has 1 heterocycles. The molecule has 1 fully saturated rings. The smallest absolute Gasteiger partial charge is 0.337 e. The lowest BCUT2D eigenvalue weighted by Crippen LogP contribution is -2.41. The summed E-state index contributed by atoms with van der Waals surface area (Å²) in [5.41, 5.74) is 0.384. The van der Waals surface area contributed by atoms with Crippen molar-refractivity contribution in [1.82, 2.24) is 4.90 Å². The number of hydrogen-bond donors (Lipinski definition) is 2. The van der Waals surface area contributed by atoms with E-state index in [1.165, 1.54) is 12.1 Å². The molecule has 0 aliphatic carbocycles. The van der Waals surface area contributed by atoms with E-state index in [0.29, 0.717) is 25.2 Å². The number of likely N-dealkylation sites (tertiary alicyclic amines) is 1. The summed E-state index contributed by atoms with van der Waals surface area (Å²) in [7, 11) is 0. The van der Waals surface area contributed by atoms with Gasteiger partial charge < -0.3 is 15.3 Å². The van der Waals surface area contributed by atoms with Crippen molar-refractivity contribution in [3.05, 3.63) is 28.8 Å². The normalized spacial score (nSPS) is 18.2. The van der Waals surface area contributed by atoms with Gasteiger partial charge in [-0.15, -0.1) is 0 Å². The number of nitriles is 1. The molecule has 1 amide bonds. The Morgan fingerprint density at radius 1 is 1.48 bits per heavy atom. The van der Waals surface area contributed by atoms with Gasteiger partial charge in [0, 0.05) is 25.2 Å². The van der Waals surface area contributed by atoms with Gasteiger partial charge in [0.2, 0.25) is 5.91 Å². The molecular formula is C16H18ClN3O3. The zero-order valence-corrected chi connectivity index (χ0v) is 13.3. The molecule has 1 atom stereocenters. The lowest BCUT2D eigenvalue weighted by Gasteiger charge is -2.31. The number of rotatable bonds is 5. The highest BCUT2D eigenvalue weighted by Crippen LogP contribution is 2.23. The van der Waals surface area contributed by atoms with Crippen molar-refractivity contribution < 1.29 is 14.7 Å². The van der Waals surface area contributed by atoms with Gasteiger partial charge in [-0.3, -0.25) is 4.79 Å². The van der Waals surface area contributed by atoms with Crippen LogP contribution in [0.1, 0.15) is 29.6 Å². The number of piperidine rings is 1. The van der Waals surface area contributed by atoms with Gasteiger partial charge in [0.15, 0.2) is 0 Å². The zero-order valence-electron chi connectivity index (χ0n) is 12.6. The number of hydrogen-bond acceptors (Lipinski definition) is 4. The number of carbonyl (C=O) groups excluding carboxylic acids is 1.